The van der Waals surface area contributed by atoms with Gasteiger partial charge in [-0.2, -0.15) is 13.2 Å². The topological polar surface area (TPSA) is 41.6 Å². The third-order valence-electron chi connectivity index (χ3n) is 4.61. The number of halogens is 3. The fourth-order valence-electron chi connectivity index (χ4n) is 3.14. The Morgan fingerprint density at radius 3 is 2.60 bits per heavy atom. The summed E-state index contributed by atoms with van der Waals surface area (Å²) in [6.45, 7) is 4.12. The molecule has 1 fully saturated rings. The molecule has 0 saturated carbocycles. The molecule has 1 aromatic rings. The molecule has 1 heterocycles. The molecule has 0 bridgehead atoms. The Labute approximate surface area is 146 Å². The first-order valence-corrected chi connectivity index (χ1v) is 8.52. The first kappa shape index (κ1) is 19.7. The van der Waals surface area contributed by atoms with E-state index < -0.39 is 11.7 Å². The average Bonchev–Trinajstić information content (AvgIpc) is 2.80. The largest absolute Gasteiger partial charge is 0.416 e. The van der Waals surface area contributed by atoms with Gasteiger partial charge in [0.2, 0.25) is 5.91 Å². The number of hydrogen-bond acceptors (Lipinski definition) is 3. The Bertz CT molecular complexity index is 560. The SMILES string of the molecule is COCC1CCCCN(C(C)C(=O)Nc2ccc(C(F)(F)F)cc2)C1. The number of carbonyl (C=O) groups is 1. The number of anilines is 1. The molecule has 140 valence electrons. The van der Waals surface area contributed by atoms with Gasteiger partial charge in [0.15, 0.2) is 0 Å². The van der Waals surface area contributed by atoms with Crippen LogP contribution in [0.3, 0.4) is 0 Å². The normalized spacial score (nSPS) is 20.8. The van der Waals surface area contributed by atoms with E-state index in [4.69, 9.17) is 4.74 Å². The Hall–Kier alpha value is -1.60. The number of hydrogen-bond donors (Lipinski definition) is 1. The van der Waals surface area contributed by atoms with Gasteiger partial charge in [0.1, 0.15) is 0 Å². The van der Waals surface area contributed by atoms with Crippen LogP contribution in [0.25, 0.3) is 0 Å². The predicted molar refractivity (Wildman–Crippen MR) is 90.3 cm³/mol. The Balaban J connectivity index is 1.97. The number of nitrogens with zero attached hydrogens (tertiary/aromatic N) is 1. The fraction of sp³-hybridized carbons (Fsp3) is 0.611. The first-order chi connectivity index (χ1) is 11.8. The number of likely N-dealkylation sites (tertiary alicyclic amines) is 1. The summed E-state index contributed by atoms with van der Waals surface area (Å²) in [6, 6.07) is 4.16. The van der Waals surface area contributed by atoms with Crippen LogP contribution in [-0.2, 0) is 15.7 Å². The molecule has 2 rings (SSSR count). The van der Waals surface area contributed by atoms with Crippen LogP contribution in [0.4, 0.5) is 18.9 Å². The molecular formula is C18H25F3N2O2. The quantitative estimate of drug-likeness (QED) is 0.871. The van der Waals surface area contributed by atoms with Gasteiger partial charge in [-0.1, -0.05) is 6.42 Å². The number of methoxy groups -OCH3 is 1. The number of ether oxygens (including phenoxy) is 1. The molecule has 0 radical (unpaired) electrons. The molecule has 0 aliphatic carbocycles. The maximum atomic E-state index is 12.6. The number of nitrogens with one attached hydrogen (secondary N) is 1. The van der Waals surface area contributed by atoms with Crippen LogP contribution in [-0.4, -0.2) is 43.7 Å². The van der Waals surface area contributed by atoms with Crippen LogP contribution >= 0.6 is 0 Å². The van der Waals surface area contributed by atoms with Crippen LogP contribution in [0.5, 0.6) is 0 Å². The first-order valence-electron chi connectivity index (χ1n) is 8.52. The van der Waals surface area contributed by atoms with E-state index in [1.165, 1.54) is 12.1 Å². The highest BCUT2D eigenvalue weighted by atomic mass is 19.4. The van der Waals surface area contributed by atoms with E-state index in [0.717, 1.165) is 44.5 Å². The van der Waals surface area contributed by atoms with E-state index in [0.29, 0.717) is 18.2 Å². The molecule has 0 aromatic heterocycles. The summed E-state index contributed by atoms with van der Waals surface area (Å²) in [5.74, 6) is 0.187. The van der Waals surface area contributed by atoms with Gasteiger partial charge in [-0.05, 0) is 56.5 Å². The van der Waals surface area contributed by atoms with Gasteiger partial charge in [-0.15, -0.1) is 0 Å². The molecule has 2 unspecified atom stereocenters. The standard InChI is InChI=1S/C18H25F3N2O2/c1-13(23-10-4-3-5-14(11-23)12-25-2)17(24)22-16-8-6-15(7-9-16)18(19,20)21/h6-9,13-14H,3-5,10-12H2,1-2H3,(H,22,24). The third kappa shape index (κ3) is 5.71. The number of amides is 1. The summed E-state index contributed by atoms with van der Waals surface area (Å²) >= 11 is 0. The van der Waals surface area contributed by atoms with Gasteiger partial charge in [-0.3, -0.25) is 9.69 Å². The van der Waals surface area contributed by atoms with Gasteiger partial charge >= 0.3 is 6.18 Å². The zero-order valence-electron chi connectivity index (χ0n) is 14.6. The summed E-state index contributed by atoms with van der Waals surface area (Å²) in [5.41, 5.74) is -0.360. The van der Waals surface area contributed by atoms with Gasteiger partial charge in [0, 0.05) is 19.3 Å². The van der Waals surface area contributed by atoms with E-state index in [2.05, 4.69) is 10.2 Å². The van der Waals surface area contributed by atoms with E-state index in [1.54, 1.807) is 7.11 Å². The van der Waals surface area contributed by atoms with Crippen LogP contribution in [0.15, 0.2) is 24.3 Å². The van der Waals surface area contributed by atoms with Crippen LogP contribution < -0.4 is 5.32 Å². The summed E-state index contributed by atoms with van der Waals surface area (Å²) in [5, 5.41) is 2.71. The zero-order chi connectivity index (χ0) is 18.4. The maximum absolute atomic E-state index is 12.6. The van der Waals surface area contributed by atoms with Crippen molar-refractivity contribution in [2.24, 2.45) is 5.92 Å². The molecule has 1 aliphatic heterocycles. The number of alkyl halides is 3. The van der Waals surface area contributed by atoms with Gasteiger partial charge < -0.3 is 10.1 Å². The lowest BCUT2D eigenvalue weighted by Crippen LogP contribution is -2.44. The number of carbonyl (C=O) groups excluding carboxylic acids is 1. The van der Waals surface area contributed by atoms with Gasteiger partial charge in [0.25, 0.3) is 0 Å². The van der Waals surface area contributed by atoms with Crippen molar-refractivity contribution < 1.29 is 22.7 Å². The summed E-state index contributed by atoms with van der Waals surface area (Å²) in [6.07, 6.45) is -1.16. The maximum Gasteiger partial charge on any atom is 0.416 e. The number of benzene rings is 1. The average molecular weight is 358 g/mol. The lowest BCUT2D eigenvalue weighted by atomic mass is 10.0. The molecule has 1 aromatic carbocycles. The van der Waals surface area contributed by atoms with Crippen molar-refractivity contribution in [2.75, 3.05) is 32.1 Å². The lowest BCUT2D eigenvalue weighted by molar-refractivity contribution is -0.137. The van der Waals surface area contributed by atoms with E-state index >= 15 is 0 Å². The number of rotatable bonds is 5. The molecule has 1 amide bonds. The van der Waals surface area contributed by atoms with Crippen molar-refractivity contribution in [3.05, 3.63) is 29.8 Å². The molecule has 7 heteroatoms. The third-order valence-corrected chi connectivity index (χ3v) is 4.61. The Kier molecular flexibility index (Phi) is 6.84. The molecular weight excluding hydrogens is 333 g/mol. The van der Waals surface area contributed by atoms with E-state index in [1.807, 2.05) is 6.92 Å². The van der Waals surface area contributed by atoms with Crippen molar-refractivity contribution >= 4 is 11.6 Å². The minimum atomic E-state index is -4.38. The second-order valence-electron chi connectivity index (χ2n) is 6.55. The van der Waals surface area contributed by atoms with Crippen molar-refractivity contribution in [1.29, 1.82) is 0 Å². The predicted octanol–water partition coefficient (Wildman–Crippen LogP) is 3.78. The fourth-order valence-corrected chi connectivity index (χ4v) is 3.14. The van der Waals surface area contributed by atoms with Crippen LogP contribution in [0.2, 0.25) is 0 Å². The Morgan fingerprint density at radius 1 is 1.32 bits per heavy atom. The molecule has 4 nitrogen and oxygen atoms in total. The molecule has 2 atom stereocenters. The highest BCUT2D eigenvalue weighted by Gasteiger charge is 2.30. The van der Waals surface area contributed by atoms with Gasteiger partial charge in [0.05, 0.1) is 18.2 Å². The molecule has 1 saturated heterocycles. The monoisotopic (exact) mass is 358 g/mol. The molecule has 25 heavy (non-hydrogen) atoms. The van der Waals surface area contributed by atoms with Crippen molar-refractivity contribution in [2.45, 2.75) is 38.4 Å². The van der Waals surface area contributed by atoms with Crippen LogP contribution in [0.1, 0.15) is 31.7 Å². The van der Waals surface area contributed by atoms with E-state index in [9.17, 15) is 18.0 Å². The molecule has 0 spiro atoms. The molecule has 1 aliphatic rings. The van der Waals surface area contributed by atoms with Crippen LogP contribution in [0, 0.1) is 5.92 Å². The minimum Gasteiger partial charge on any atom is -0.384 e. The smallest absolute Gasteiger partial charge is 0.384 e. The zero-order valence-corrected chi connectivity index (χ0v) is 14.6. The van der Waals surface area contributed by atoms with Crippen molar-refractivity contribution in [1.82, 2.24) is 4.90 Å². The van der Waals surface area contributed by atoms with Gasteiger partial charge in [-0.25, -0.2) is 0 Å². The summed E-state index contributed by atoms with van der Waals surface area (Å²) < 4.78 is 43.0. The highest BCUT2D eigenvalue weighted by Crippen LogP contribution is 2.30. The lowest BCUT2D eigenvalue weighted by Gasteiger charge is -2.29. The van der Waals surface area contributed by atoms with E-state index in [-0.39, 0.29) is 11.9 Å². The second-order valence-corrected chi connectivity index (χ2v) is 6.55. The van der Waals surface area contributed by atoms with Crippen molar-refractivity contribution in [3.8, 4) is 0 Å². The summed E-state index contributed by atoms with van der Waals surface area (Å²) in [7, 11) is 1.68. The summed E-state index contributed by atoms with van der Waals surface area (Å²) in [4.78, 5) is 14.6. The van der Waals surface area contributed by atoms with Crippen molar-refractivity contribution in [3.63, 3.8) is 0 Å². The second kappa shape index (κ2) is 8.67. The molecule has 1 N–H and O–H groups in total. The minimum absolute atomic E-state index is 0.210. The highest BCUT2D eigenvalue weighted by molar-refractivity contribution is 5.94. The Morgan fingerprint density at radius 2 is 2.00 bits per heavy atom.